The summed E-state index contributed by atoms with van der Waals surface area (Å²) in [6.07, 6.45) is 2.14. The van der Waals surface area contributed by atoms with Gasteiger partial charge in [-0.2, -0.15) is 0 Å². The zero-order valence-electron chi connectivity index (χ0n) is 21.6. The molecule has 2 atom stereocenters. The summed E-state index contributed by atoms with van der Waals surface area (Å²) < 4.78 is 26.5. The number of aryl methyl sites for hydroxylation is 2. The Morgan fingerprint density at radius 1 is 0.972 bits per heavy atom. The Kier molecular flexibility index (Phi) is 10.6. The van der Waals surface area contributed by atoms with Crippen LogP contribution >= 0.6 is 23.2 Å². The van der Waals surface area contributed by atoms with E-state index in [0.29, 0.717) is 27.7 Å². The SMILES string of the molecule is CC[C@H](C)NC(=O)[C@H](CC)N(Cc1ccc(Cl)c(Cl)c1)C(=O)CN(c1ccc(C)c(C)c1)S(C)(=O)=O. The quantitative estimate of drug-likeness (QED) is 0.418. The Balaban J connectivity index is 2.48. The molecule has 0 saturated carbocycles. The first-order chi connectivity index (χ1) is 16.8. The van der Waals surface area contributed by atoms with Gasteiger partial charge in [-0.1, -0.05) is 49.2 Å². The number of hydrogen-bond donors (Lipinski definition) is 1. The highest BCUT2D eigenvalue weighted by molar-refractivity contribution is 7.92. The molecule has 2 aromatic carbocycles. The molecule has 0 aliphatic rings. The van der Waals surface area contributed by atoms with Crippen LogP contribution in [-0.4, -0.2) is 50.0 Å². The van der Waals surface area contributed by atoms with Gasteiger partial charge in [-0.05, 0) is 74.6 Å². The minimum atomic E-state index is -3.79. The number of hydrogen-bond acceptors (Lipinski definition) is 4. The van der Waals surface area contributed by atoms with Crippen LogP contribution in [0, 0.1) is 13.8 Å². The molecule has 0 aliphatic heterocycles. The van der Waals surface area contributed by atoms with Crippen LogP contribution in [0.1, 0.15) is 50.3 Å². The van der Waals surface area contributed by atoms with E-state index in [2.05, 4.69) is 5.32 Å². The number of nitrogens with zero attached hydrogens (tertiary/aromatic N) is 2. The number of amides is 2. The Morgan fingerprint density at radius 2 is 1.64 bits per heavy atom. The zero-order valence-corrected chi connectivity index (χ0v) is 24.0. The molecule has 2 amide bonds. The number of carbonyl (C=O) groups is 2. The third-order valence-corrected chi connectivity index (χ3v) is 8.06. The van der Waals surface area contributed by atoms with E-state index in [1.54, 1.807) is 30.3 Å². The molecule has 0 fully saturated rings. The van der Waals surface area contributed by atoms with Crippen molar-refractivity contribution in [3.05, 3.63) is 63.1 Å². The summed E-state index contributed by atoms with van der Waals surface area (Å²) in [5, 5.41) is 3.64. The molecule has 0 spiro atoms. The van der Waals surface area contributed by atoms with Crippen LogP contribution in [0.4, 0.5) is 5.69 Å². The van der Waals surface area contributed by atoms with Crippen molar-refractivity contribution in [2.45, 2.75) is 66.1 Å². The van der Waals surface area contributed by atoms with Crippen LogP contribution < -0.4 is 9.62 Å². The zero-order chi connectivity index (χ0) is 27.2. The molecule has 0 bridgehead atoms. The van der Waals surface area contributed by atoms with E-state index >= 15 is 0 Å². The molecule has 0 aromatic heterocycles. The van der Waals surface area contributed by atoms with Crippen molar-refractivity contribution in [3.8, 4) is 0 Å². The lowest BCUT2D eigenvalue weighted by Crippen LogP contribution is -2.53. The minimum absolute atomic E-state index is 0.0622. The highest BCUT2D eigenvalue weighted by atomic mass is 35.5. The van der Waals surface area contributed by atoms with Gasteiger partial charge in [-0.25, -0.2) is 8.42 Å². The summed E-state index contributed by atoms with van der Waals surface area (Å²) >= 11 is 12.2. The van der Waals surface area contributed by atoms with Gasteiger partial charge in [-0.15, -0.1) is 0 Å². The van der Waals surface area contributed by atoms with Crippen molar-refractivity contribution >= 4 is 50.7 Å². The summed E-state index contributed by atoms with van der Waals surface area (Å²) in [6.45, 7) is 9.08. The fourth-order valence-corrected chi connectivity index (χ4v) is 4.85. The van der Waals surface area contributed by atoms with Crippen molar-refractivity contribution in [2.75, 3.05) is 17.1 Å². The molecular formula is C26H35Cl2N3O4S. The second-order valence-corrected chi connectivity index (χ2v) is 11.8. The summed E-state index contributed by atoms with van der Waals surface area (Å²) in [5.74, 6) is -0.798. The van der Waals surface area contributed by atoms with Gasteiger partial charge in [0.05, 0.1) is 22.0 Å². The Morgan fingerprint density at radius 3 is 2.17 bits per heavy atom. The van der Waals surface area contributed by atoms with Gasteiger partial charge in [0.1, 0.15) is 12.6 Å². The smallest absolute Gasteiger partial charge is 0.244 e. The van der Waals surface area contributed by atoms with E-state index in [9.17, 15) is 18.0 Å². The lowest BCUT2D eigenvalue weighted by Gasteiger charge is -2.33. The van der Waals surface area contributed by atoms with Crippen molar-refractivity contribution < 1.29 is 18.0 Å². The average molecular weight is 557 g/mol. The Hall–Kier alpha value is -2.29. The first kappa shape index (κ1) is 29.9. The molecule has 7 nitrogen and oxygen atoms in total. The van der Waals surface area contributed by atoms with Crippen molar-refractivity contribution in [2.24, 2.45) is 0 Å². The predicted molar refractivity (Wildman–Crippen MR) is 147 cm³/mol. The Bertz CT molecular complexity index is 1200. The monoisotopic (exact) mass is 555 g/mol. The first-order valence-electron chi connectivity index (χ1n) is 11.9. The largest absolute Gasteiger partial charge is 0.352 e. The fraction of sp³-hybridized carbons (Fsp3) is 0.462. The highest BCUT2D eigenvalue weighted by Gasteiger charge is 2.32. The third kappa shape index (κ3) is 7.85. The summed E-state index contributed by atoms with van der Waals surface area (Å²) in [4.78, 5) is 28.3. The maximum atomic E-state index is 13.7. The van der Waals surface area contributed by atoms with E-state index < -0.39 is 28.5 Å². The standard InChI is InChI=1S/C26H35Cl2N3O4S/c1-7-19(5)29-26(33)24(8-2)30(15-20-10-12-22(27)23(28)14-20)25(32)16-31(36(6,34)35)21-11-9-17(3)18(4)13-21/h9-14,19,24H,7-8,15-16H2,1-6H3,(H,29,33)/t19-,24-/m0/s1. The van der Waals surface area contributed by atoms with Gasteiger partial charge >= 0.3 is 0 Å². The topological polar surface area (TPSA) is 86.8 Å². The van der Waals surface area contributed by atoms with Crippen LogP contribution in [0.5, 0.6) is 0 Å². The van der Waals surface area contributed by atoms with E-state index in [4.69, 9.17) is 23.2 Å². The van der Waals surface area contributed by atoms with E-state index in [0.717, 1.165) is 28.1 Å². The number of halogens is 2. The van der Waals surface area contributed by atoms with Crippen molar-refractivity contribution in [1.82, 2.24) is 10.2 Å². The van der Waals surface area contributed by atoms with Crippen LogP contribution in [0.2, 0.25) is 10.0 Å². The summed E-state index contributed by atoms with van der Waals surface area (Å²) in [5.41, 5.74) is 2.97. The summed E-state index contributed by atoms with van der Waals surface area (Å²) in [6, 6.07) is 9.34. The molecule has 0 heterocycles. The van der Waals surface area contributed by atoms with Gasteiger partial charge in [-0.3, -0.25) is 13.9 Å². The molecule has 2 rings (SSSR count). The van der Waals surface area contributed by atoms with E-state index in [-0.39, 0.29) is 18.5 Å². The lowest BCUT2D eigenvalue weighted by atomic mass is 10.1. The number of rotatable bonds is 11. The first-order valence-corrected chi connectivity index (χ1v) is 14.5. The molecule has 10 heteroatoms. The van der Waals surface area contributed by atoms with Crippen LogP contribution in [0.25, 0.3) is 0 Å². The van der Waals surface area contributed by atoms with E-state index in [1.807, 2.05) is 40.7 Å². The number of carbonyl (C=O) groups excluding carboxylic acids is 2. The lowest BCUT2D eigenvalue weighted by molar-refractivity contribution is -0.140. The third-order valence-electron chi connectivity index (χ3n) is 6.18. The molecule has 36 heavy (non-hydrogen) atoms. The molecule has 0 aliphatic carbocycles. The number of benzene rings is 2. The predicted octanol–water partition coefficient (Wildman–Crippen LogP) is 5.10. The van der Waals surface area contributed by atoms with Crippen LogP contribution in [0.3, 0.4) is 0 Å². The minimum Gasteiger partial charge on any atom is -0.352 e. The average Bonchev–Trinajstić information content (AvgIpc) is 2.80. The van der Waals surface area contributed by atoms with Gasteiger partial charge in [0.2, 0.25) is 21.8 Å². The maximum absolute atomic E-state index is 13.7. The molecule has 198 valence electrons. The van der Waals surface area contributed by atoms with E-state index in [1.165, 1.54) is 4.90 Å². The molecule has 1 N–H and O–H groups in total. The second kappa shape index (κ2) is 12.8. The molecule has 0 radical (unpaired) electrons. The second-order valence-electron chi connectivity index (χ2n) is 9.05. The normalized spacial score (nSPS) is 13.1. The van der Waals surface area contributed by atoms with Gasteiger partial charge in [0.25, 0.3) is 0 Å². The Labute approximate surface area is 224 Å². The number of nitrogens with one attached hydrogen (secondary N) is 1. The van der Waals surface area contributed by atoms with Crippen LogP contribution in [-0.2, 0) is 26.2 Å². The molecule has 0 unspecified atom stereocenters. The highest BCUT2D eigenvalue weighted by Crippen LogP contribution is 2.25. The van der Waals surface area contributed by atoms with Crippen LogP contribution in [0.15, 0.2) is 36.4 Å². The van der Waals surface area contributed by atoms with Gasteiger partial charge in [0.15, 0.2) is 0 Å². The molecule has 0 saturated heterocycles. The maximum Gasteiger partial charge on any atom is 0.244 e. The molecular weight excluding hydrogens is 521 g/mol. The number of anilines is 1. The summed E-state index contributed by atoms with van der Waals surface area (Å²) in [7, 11) is -3.79. The van der Waals surface area contributed by atoms with Crippen molar-refractivity contribution in [1.29, 1.82) is 0 Å². The molecule has 2 aromatic rings. The van der Waals surface area contributed by atoms with Gasteiger partial charge in [0, 0.05) is 12.6 Å². The van der Waals surface area contributed by atoms with Crippen molar-refractivity contribution in [3.63, 3.8) is 0 Å². The van der Waals surface area contributed by atoms with Gasteiger partial charge < -0.3 is 10.2 Å². The number of sulfonamides is 1. The fourth-order valence-electron chi connectivity index (χ4n) is 3.69.